The number of aryl methyl sites for hydroxylation is 2. The number of rotatable bonds is 2. The van der Waals surface area contributed by atoms with Gasteiger partial charge in [-0.1, -0.05) is 60.2 Å². The fourth-order valence-corrected chi connectivity index (χ4v) is 5.15. The van der Waals surface area contributed by atoms with Gasteiger partial charge in [0.15, 0.2) is 0 Å². The lowest BCUT2D eigenvalue weighted by Crippen LogP contribution is -2.37. The molecule has 0 saturated heterocycles. The van der Waals surface area contributed by atoms with Crippen LogP contribution in [-0.2, 0) is 14.1 Å². The maximum absolute atomic E-state index is 15.2. The summed E-state index contributed by atoms with van der Waals surface area (Å²) in [6.45, 7) is 2.01. The zero-order valence-electron chi connectivity index (χ0n) is 19.5. The van der Waals surface area contributed by atoms with Crippen molar-refractivity contribution in [1.29, 1.82) is 0 Å². The molecule has 1 N–H and O–H groups in total. The molecule has 0 fully saturated rings. The van der Waals surface area contributed by atoms with Gasteiger partial charge in [-0.2, -0.15) is 0 Å². The Labute approximate surface area is 200 Å². The van der Waals surface area contributed by atoms with Gasteiger partial charge < -0.3 is 9.88 Å². The maximum Gasteiger partial charge on any atom is 0.331 e. The normalized spacial score (nSPS) is 14.5. The number of nitrogens with zero attached hydrogens (tertiary/aromatic N) is 3. The predicted octanol–water partition coefficient (Wildman–Crippen LogP) is 4.66. The zero-order valence-corrected chi connectivity index (χ0v) is 19.5. The highest BCUT2D eigenvalue weighted by atomic mass is 19.1. The summed E-state index contributed by atoms with van der Waals surface area (Å²) in [5.41, 5.74) is 5.01. The number of benzene rings is 3. The Kier molecular flexibility index (Phi) is 4.57. The summed E-state index contributed by atoms with van der Waals surface area (Å²) in [7, 11) is 3.14. The lowest BCUT2D eigenvalue weighted by Gasteiger charge is -2.31. The molecule has 6 rings (SSSR count). The molecule has 0 radical (unpaired) electrons. The first-order valence-electron chi connectivity index (χ1n) is 11.4. The van der Waals surface area contributed by atoms with Gasteiger partial charge in [0.25, 0.3) is 5.56 Å². The molecule has 35 heavy (non-hydrogen) atoms. The van der Waals surface area contributed by atoms with Crippen molar-refractivity contribution in [3.63, 3.8) is 0 Å². The van der Waals surface area contributed by atoms with Gasteiger partial charge in [0.2, 0.25) is 0 Å². The first kappa shape index (κ1) is 21.2. The monoisotopic (exact) mass is 466 g/mol. The number of anilines is 1. The van der Waals surface area contributed by atoms with Gasteiger partial charge >= 0.3 is 5.69 Å². The molecule has 0 spiro atoms. The molecule has 0 saturated carbocycles. The zero-order chi connectivity index (χ0) is 24.4. The molecule has 6 nitrogen and oxygen atoms in total. The number of nitrogens with one attached hydrogen (secondary N) is 1. The summed E-state index contributed by atoms with van der Waals surface area (Å²) in [4.78, 5) is 26.7. The van der Waals surface area contributed by atoms with Crippen LogP contribution < -0.4 is 16.6 Å². The van der Waals surface area contributed by atoms with Crippen molar-refractivity contribution in [2.24, 2.45) is 14.1 Å². The predicted molar refractivity (Wildman–Crippen MR) is 136 cm³/mol. The largest absolute Gasteiger partial charge is 0.371 e. The summed E-state index contributed by atoms with van der Waals surface area (Å²) < 4.78 is 19.8. The van der Waals surface area contributed by atoms with Gasteiger partial charge in [0, 0.05) is 19.7 Å². The second kappa shape index (κ2) is 7.56. The lowest BCUT2D eigenvalue weighted by atomic mass is 9.99. The van der Waals surface area contributed by atoms with Gasteiger partial charge in [-0.05, 0) is 30.7 Å². The molecule has 1 atom stereocenters. The van der Waals surface area contributed by atoms with E-state index in [0.29, 0.717) is 27.9 Å². The van der Waals surface area contributed by atoms with E-state index in [0.717, 1.165) is 27.1 Å². The summed E-state index contributed by atoms with van der Waals surface area (Å²) in [6, 6.07) is 21.7. The van der Waals surface area contributed by atoms with Crippen LogP contribution in [0.1, 0.15) is 22.9 Å². The molecular formula is C28H23FN4O2. The van der Waals surface area contributed by atoms with Gasteiger partial charge in [-0.15, -0.1) is 0 Å². The molecule has 174 valence electrons. The average molecular weight is 467 g/mol. The van der Waals surface area contributed by atoms with E-state index < -0.39 is 11.7 Å². The average Bonchev–Trinajstić information content (AvgIpc) is 3.23. The molecule has 0 unspecified atom stereocenters. The number of fused-ring (bicyclic) bond motifs is 5. The highest BCUT2D eigenvalue weighted by Gasteiger charge is 2.35. The third-order valence-corrected chi connectivity index (χ3v) is 6.87. The Morgan fingerprint density at radius 2 is 1.54 bits per heavy atom. The molecular weight excluding hydrogens is 443 g/mol. The van der Waals surface area contributed by atoms with Crippen LogP contribution >= 0.6 is 0 Å². The van der Waals surface area contributed by atoms with Crippen molar-refractivity contribution in [3.05, 3.63) is 116 Å². The van der Waals surface area contributed by atoms with Gasteiger partial charge in [0.05, 0.1) is 39.7 Å². The van der Waals surface area contributed by atoms with E-state index in [1.54, 1.807) is 25.2 Å². The number of hydrogen-bond acceptors (Lipinski definition) is 3. The number of hydrogen-bond donors (Lipinski definition) is 1. The van der Waals surface area contributed by atoms with Crippen molar-refractivity contribution in [1.82, 2.24) is 13.7 Å². The molecule has 7 heteroatoms. The molecule has 3 heterocycles. The van der Waals surface area contributed by atoms with Gasteiger partial charge in [0.1, 0.15) is 5.82 Å². The quantitative estimate of drug-likeness (QED) is 0.412. The van der Waals surface area contributed by atoms with Crippen LogP contribution in [0, 0.1) is 12.7 Å². The van der Waals surface area contributed by atoms with Crippen molar-refractivity contribution < 1.29 is 4.39 Å². The van der Waals surface area contributed by atoms with Crippen molar-refractivity contribution in [2.75, 3.05) is 5.32 Å². The van der Waals surface area contributed by atoms with Crippen LogP contribution in [0.4, 0.5) is 10.1 Å². The van der Waals surface area contributed by atoms with E-state index in [-0.39, 0.29) is 11.4 Å². The first-order valence-corrected chi connectivity index (χ1v) is 11.4. The second-order valence-corrected chi connectivity index (χ2v) is 8.98. The van der Waals surface area contributed by atoms with Gasteiger partial charge in [-0.3, -0.25) is 13.9 Å². The number of halogens is 1. The topological polar surface area (TPSA) is 61.0 Å². The molecule has 5 aromatic rings. The van der Waals surface area contributed by atoms with Crippen LogP contribution in [-0.4, -0.2) is 13.7 Å². The van der Waals surface area contributed by atoms with E-state index in [1.807, 2.05) is 60.0 Å². The fraction of sp³-hybridized carbons (Fsp3) is 0.143. The van der Waals surface area contributed by atoms with E-state index in [2.05, 4.69) is 5.32 Å². The van der Waals surface area contributed by atoms with Crippen molar-refractivity contribution in [2.45, 2.75) is 13.0 Å². The van der Waals surface area contributed by atoms with Crippen LogP contribution in [0.5, 0.6) is 0 Å². The van der Waals surface area contributed by atoms with E-state index in [4.69, 9.17) is 0 Å². The smallest absolute Gasteiger partial charge is 0.331 e. The molecule has 3 aromatic carbocycles. The minimum absolute atomic E-state index is 0.365. The van der Waals surface area contributed by atoms with Crippen molar-refractivity contribution in [3.8, 4) is 16.9 Å². The van der Waals surface area contributed by atoms with Crippen LogP contribution in [0.3, 0.4) is 0 Å². The number of aromatic nitrogens is 3. The Bertz CT molecular complexity index is 1760. The summed E-state index contributed by atoms with van der Waals surface area (Å²) >= 11 is 0. The molecule has 0 aliphatic carbocycles. The van der Waals surface area contributed by atoms with Crippen LogP contribution in [0.25, 0.3) is 27.8 Å². The summed E-state index contributed by atoms with van der Waals surface area (Å²) in [5, 5.41) is 3.90. The lowest BCUT2D eigenvalue weighted by molar-refractivity contribution is 0.599. The van der Waals surface area contributed by atoms with E-state index >= 15 is 4.39 Å². The van der Waals surface area contributed by atoms with Crippen molar-refractivity contribution >= 4 is 16.6 Å². The molecule has 0 amide bonds. The van der Waals surface area contributed by atoms with Crippen LogP contribution in [0.2, 0.25) is 0 Å². The Balaban J connectivity index is 1.88. The highest BCUT2D eigenvalue weighted by molar-refractivity contribution is 5.99. The molecule has 0 bridgehead atoms. The van der Waals surface area contributed by atoms with Gasteiger partial charge in [-0.25, -0.2) is 9.18 Å². The Hall–Kier alpha value is -4.39. The fourth-order valence-electron chi connectivity index (χ4n) is 5.15. The SMILES string of the molecule is Cc1ccc(-c2c3c(=O)n(C)c(=O)n(C)c3c3n2-c2ccccc2N[C@H]3c2ccccc2F)cc1. The third-order valence-electron chi connectivity index (χ3n) is 6.87. The summed E-state index contributed by atoms with van der Waals surface area (Å²) in [6.07, 6.45) is 0. The molecule has 2 aromatic heterocycles. The second-order valence-electron chi connectivity index (χ2n) is 8.98. The number of para-hydroxylation sites is 2. The minimum atomic E-state index is -0.620. The highest BCUT2D eigenvalue weighted by Crippen LogP contribution is 2.45. The van der Waals surface area contributed by atoms with Crippen LogP contribution in [0.15, 0.2) is 82.4 Å². The Morgan fingerprint density at radius 3 is 2.29 bits per heavy atom. The standard InChI is InChI=1S/C28H23FN4O2/c1-16-12-14-17(15-13-16)24-22-25(31(2)28(35)32(3)27(22)34)26-23(18-8-4-5-9-19(18)29)30-20-10-6-7-11-21(20)33(24)26/h4-15,23,30H,1-3H3/t23-/m0/s1. The molecule has 1 aliphatic rings. The molecule has 1 aliphatic heterocycles. The van der Waals surface area contributed by atoms with E-state index in [9.17, 15) is 9.59 Å². The first-order chi connectivity index (χ1) is 16.9. The Morgan fingerprint density at radius 1 is 0.857 bits per heavy atom. The maximum atomic E-state index is 15.2. The third kappa shape index (κ3) is 2.94. The van der Waals surface area contributed by atoms with E-state index in [1.165, 1.54) is 17.7 Å². The summed E-state index contributed by atoms with van der Waals surface area (Å²) in [5.74, 6) is -0.365. The minimum Gasteiger partial charge on any atom is -0.371 e.